The molecular weight excluding hydrogens is 239 g/mol. The zero-order valence-electron chi connectivity index (χ0n) is 4.17. The van der Waals surface area contributed by atoms with Gasteiger partial charge in [-0.2, -0.15) is 0 Å². The fourth-order valence-corrected chi connectivity index (χ4v) is 0.766. The molecular formula is C6H7IMgO. The first-order valence-corrected chi connectivity index (χ1v) is 3.15. The minimum atomic E-state index is 0. The quantitative estimate of drug-likeness (QED) is 0.539. The highest BCUT2D eigenvalue weighted by molar-refractivity contribution is 14.1. The first-order valence-electron chi connectivity index (χ1n) is 2.27. The van der Waals surface area contributed by atoms with E-state index in [1.807, 2.05) is 53.3 Å². The van der Waals surface area contributed by atoms with Crippen molar-refractivity contribution < 1.29 is 3.07 Å². The zero-order valence-corrected chi connectivity index (χ0v) is 6.33. The Morgan fingerprint density at radius 3 is 2.00 bits per heavy atom. The van der Waals surface area contributed by atoms with Crippen LogP contribution in [0.1, 0.15) is 0 Å². The van der Waals surface area contributed by atoms with Crippen molar-refractivity contribution in [3.63, 3.8) is 0 Å². The highest BCUT2D eigenvalue weighted by Crippen LogP contribution is 2.10. The van der Waals surface area contributed by atoms with Crippen molar-refractivity contribution in [2.24, 2.45) is 0 Å². The third-order valence-corrected chi connectivity index (χ3v) is 1.34. The molecule has 0 spiro atoms. The fraction of sp³-hybridized carbons (Fsp3) is 0. The highest BCUT2D eigenvalue weighted by Gasteiger charge is 1.82. The molecule has 0 fully saturated rings. The van der Waals surface area contributed by atoms with Crippen LogP contribution in [0.3, 0.4) is 0 Å². The van der Waals surface area contributed by atoms with E-state index in [1.165, 1.54) is 0 Å². The summed E-state index contributed by atoms with van der Waals surface area (Å²) in [6.45, 7) is 0. The molecule has 1 aromatic rings. The van der Waals surface area contributed by atoms with Gasteiger partial charge in [0.2, 0.25) is 0 Å². The van der Waals surface area contributed by atoms with Gasteiger partial charge in [0.15, 0.2) is 23.0 Å². The molecule has 3 heteroatoms. The Morgan fingerprint density at radius 1 is 1.11 bits per heavy atom. The van der Waals surface area contributed by atoms with Crippen LogP contribution in [-0.4, -0.2) is 23.1 Å². The standard InChI is InChI=1S/C6H5IO.Mg.2H/c7-8-6-4-2-1-3-5-6;;;/h1-5H;;;. The maximum atomic E-state index is 4.88. The molecule has 0 aliphatic carbocycles. The first kappa shape index (κ1) is 9.52. The first-order chi connectivity index (χ1) is 3.93. The summed E-state index contributed by atoms with van der Waals surface area (Å²) in [7, 11) is 0. The van der Waals surface area contributed by atoms with E-state index in [1.54, 1.807) is 0 Å². The van der Waals surface area contributed by atoms with Crippen LogP contribution in [0.25, 0.3) is 0 Å². The van der Waals surface area contributed by atoms with Gasteiger partial charge in [-0.1, -0.05) is 18.2 Å². The number of para-hydroxylation sites is 1. The van der Waals surface area contributed by atoms with Crippen molar-refractivity contribution in [1.29, 1.82) is 0 Å². The van der Waals surface area contributed by atoms with E-state index in [2.05, 4.69) is 0 Å². The van der Waals surface area contributed by atoms with Gasteiger partial charge in [0, 0.05) is 0 Å². The summed E-state index contributed by atoms with van der Waals surface area (Å²) in [5, 5.41) is 0. The molecule has 46 valence electrons. The van der Waals surface area contributed by atoms with Gasteiger partial charge in [-0.25, -0.2) is 0 Å². The van der Waals surface area contributed by atoms with E-state index in [4.69, 9.17) is 3.07 Å². The normalized spacial score (nSPS) is 7.67. The maximum Gasteiger partial charge on any atom is 0.316 e. The lowest BCUT2D eigenvalue weighted by atomic mass is 10.3. The monoisotopic (exact) mass is 246 g/mol. The second kappa shape index (κ2) is 5.31. The van der Waals surface area contributed by atoms with E-state index in [-0.39, 0.29) is 23.1 Å². The Morgan fingerprint density at radius 2 is 1.67 bits per heavy atom. The summed E-state index contributed by atoms with van der Waals surface area (Å²) in [5.74, 6) is 0.896. The second-order valence-electron chi connectivity index (χ2n) is 1.39. The summed E-state index contributed by atoms with van der Waals surface area (Å²) >= 11 is 1.85. The average molecular weight is 246 g/mol. The predicted molar refractivity (Wildman–Crippen MR) is 49.6 cm³/mol. The van der Waals surface area contributed by atoms with E-state index in [0.29, 0.717) is 0 Å². The second-order valence-corrected chi connectivity index (χ2v) is 1.83. The molecule has 0 aliphatic rings. The van der Waals surface area contributed by atoms with Crippen molar-refractivity contribution in [2.75, 3.05) is 0 Å². The predicted octanol–water partition coefficient (Wildman–Crippen LogP) is 1.50. The van der Waals surface area contributed by atoms with Crippen LogP contribution in [0.4, 0.5) is 0 Å². The Labute approximate surface area is 84.6 Å². The minimum absolute atomic E-state index is 0. The molecule has 1 nitrogen and oxygen atoms in total. The molecule has 0 unspecified atom stereocenters. The van der Waals surface area contributed by atoms with Crippen LogP contribution in [0.15, 0.2) is 30.3 Å². The molecule has 0 radical (unpaired) electrons. The number of halogens is 1. The highest BCUT2D eigenvalue weighted by atomic mass is 127. The van der Waals surface area contributed by atoms with Gasteiger partial charge in [0.25, 0.3) is 0 Å². The smallest absolute Gasteiger partial charge is 0.316 e. The summed E-state index contributed by atoms with van der Waals surface area (Å²) < 4.78 is 4.88. The Kier molecular flexibility index (Phi) is 5.62. The summed E-state index contributed by atoms with van der Waals surface area (Å²) in [6.07, 6.45) is 0. The van der Waals surface area contributed by atoms with Gasteiger partial charge in [0.05, 0.1) is 0 Å². The third-order valence-electron chi connectivity index (χ3n) is 0.832. The van der Waals surface area contributed by atoms with Gasteiger partial charge in [-0.3, -0.25) is 0 Å². The van der Waals surface area contributed by atoms with Crippen molar-refractivity contribution in [3.05, 3.63) is 30.3 Å². The molecule has 1 aromatic carbocycles. The lowest BCUT2D eigenvalue weighted by molar-refractivity contribution is 0.717. The lowest BCUT2D eigenvalue weighted by Crippen LogP contribution is -1.68. The van der Waals surface area contributed by atoms with E-state index < -0.39 is 0 Å². The zero-order chi connectivity index (χ0) is 5.82. The van der Waals surface area contributed by atoms with Gasteiger partial charge in [0.1, 0.15) is 5.75 Å². The van der Waals surface area contributed by atoms with Crippen LogP contribution in [0, 0.1) is 0 Å². The van der Waals surface area contributed by atoms with Crippen molar-refractivity contribution in [2.45, 2.75) is 0 Å². The van der Waals surface area contributed by atoms with Crippen LogP contribution in [-0.2, 0) is 0 Å². The van der Waals surface area contributed by atoms with Crippen LogP contribution < -0.4 is 3.07 Å². The number of benzene rings is 1. The van der Waals surface area contributed by atoms with Gasteiger partial charge in [-0.05, 0) is 12.1 Å². The van der Waals surface area contributed by atoms with Crippen molar-refractivity contribution in [3.8, 4) is 5.75 Å². The molecule has 9 heavy (non-hydrogen) atoms. The molecule has 0 saturated heterocycles. The van der Waals surface area contributed by atoms with Gasteiger partial charge >= 0.3 is 23.1 Å². The number of rotatable bonds is 1. The average Bonchev–Trinajstić information content (AvgIpc) is 1.90. The maximum absolute atomic E-state index is 4.88. The summed E-state index contributed by atoms with van der Waals surface area (Å²) in [6, 6.07) is 9.65. The SMILES string of the molecule is IOc1ccccc1.[MgH2]. The molecule has 0 saturated carbocycles. The fourth-order valence-electron chi connectivity index (χ4n) is 0.472. The molecule has 0 bridgehead atoms. The van der Waals surface area contributed by atoms with E-state index in [9.17, 15) is 0 Å². The van der Waals surface area contributed by atoms with E-state index in [0.717, 1.165) is 5.75 Å². The summed E-state index contributed by atoms with van der Waals surface area (Å²) in [4.78, 5) is 0. The van der Waals surface area contributed by atoms with Crippen molar-refractivity contribution in [1.82, 2.24) is 0 Å². The molecule has 0 aliphatic heterocycles. The molecule has 1 rings (SSSR count). The van der Waals surface area contributed by atoms with Gasteiger partial charge in [-0.15, -0.1) is 0 Å². The van der Waals surface area contributed by atoms with Gasteiger partial charge < -0.3 is 3.07 Å². The summed E-state index contributed by atoms with van der Waals surface area (Å²) in [5.41, 5.74) is 0. The molecule has 0 heterocycles. The molecule has 0 atom stereocenters. The largest absolute Gasteiger partial charge is 0.428 e. The van der Waals surface area contributed by atoms with E-state index >= 15 is 0 Å². The Balaban J connectivity index is 0.000000640. The lowest BCUT2D eigenvalue weighted by Gasteiger charge is -1.90. The molecule has 0 aromatic heterocycles. The van der Waals surface area contributed by atoms with Crippen molar-refractivity contribution >= 4 is 46.1 Å². The Bertz CT molecular complexity index is 154. The number of hydrogen-bond acceptors (Lipinski definition) is 1. The number of hydrogen-bond donors (Lipinski definition) is 0. The Hall–Kier alpha value is 0.516. The van der Waals surface area contributed by atoms with Crippen LogP contribution >= 0.6 is 23.0 Å². The topological polar surface area (TPSA) is 9.23 Å². The molecule has 0 amide bonds. The third kappa shape index (κ3) is 3.27. The minimum Gasteiger partial charge on any atom is -0.428 e. The van der Waals surface area contributed by atoms with Crippen LogP contribution in [0.2, 0.25) is 0 Å². The van der Waals surface area contributed by atoms with Crippen LogP contribution in [0.5, 0.6) is 5.75 Å². The molecule has 0 N–H and O–H groups in total.